The molecule has 0 saturated heterocycles. The van der Waals surface area contributed by atoms with Crippen LogP contribution in [0, 0.1) is 11.3 Å². The van der Waals surface area contributed by atoms with E-state index in [-0.39, 0.29) is 11.1 Å². The van der Waals surface area contributed by atoms with Crippen LogP contribution >= 0.6 is 0 Å². The van der Waals surface area contributed by atoms with Crippen LogP contribution in [0.4, 0.5) is 0 Å². The Balaban J connectivity index is 1.67. The van der Waals surface area contributed by atoms with Gasteiger partial charge in [0.05, 0.1) is 0 Å². The van der Waals surface area contributed by atoms with Crippen LogP contribution < -0.4 is 10.1 Å². The quantitative estimate of drug-likeness (QED) is 0.344. The van der Waals surface area contributed by atoms with E-state index in [0.29, 0.717) is 11.7 Å². The van der Waals surface area contributed by atoms with Crippen molar-refractivity contribution in [3.63, 3.8) is 0 Å². The highest BCUT2D eigenvalue weighted by Crippen LogP contribution is 2.33. The molecule has 1 aliphatic rings. The number of hydrogen-bond acceptors (Lipinski definition) is 4. The van der Waals surface area contributed by atoms with Crippen LogP contribution in [0.2, 0.25) is 0 Å². The molecule has 1 fully saturated rings. The zero-order chi connectivity index (χ0) is 27.7. The lowest BCUT2D eigenvalue weighted by Crippen LogP contribution is -2.49. The van der Waals surface area contributed by atoms with E-state index in [1.807, 2.05) is 30.3 Å². The molecule has 1 atom stereocenters. The predicted octanol–water partition coefficient (Wildman–Crippen LogP) is 7.29. The lowest BCUT2D eigenvalue weighted by Gasteiger charge is -2.27. The number of benzene rings is 2. The summed E-state index contributed by atoms with van der Waals surface area (Å²) in [4.78, 5) is 29.8. The molecular weight excluding hydrogens is 476 g/mol. The van der Waals surface area contributed by atoms with Crippen molar-refractivity contribution >= 4 is 22.6 Å². The van der Waals surface area contributed by atoms with E-state index in [1.54, 1.807) is 26.8 Å². The summed E-state index contributed by atoms with van der Waals surface area (Å²) in [6.45, 7) is 11.9. The van der Waals surface area contributed by atoms with Crippen LogP contribution in [0.5, 0.6) is 11.5 Å². The smallest absolute Gasteiger partial charge is 0.326 e. The normalized spacial score (nSPS) is 15.4. The van der Waals surface area contributed by atoms with Crippen molar-refractivity contribution in [3.05, 3.63) is 65.5 Å². The molecule has 0 bridgehead atoms. The molecular formula is C32H40N2O4. The molecule has 3 aromatic rings. The largest absolute Gasteiger partial charge is 0.480 e. The molecule has 1 heterocycles. The lowest BCUT2D eigenvalue weighted by atomic mass is 9.86. The van der Waals surface area contributed by atoms with E-state index in [4.69, 9.17) is 9.72 Å². The molecule has 1 saturated carbocycles. The maximum Gasteiger partial charge on any atom is 0.326 e. The number of nitrogens with zero attached hydrogens (tertiary/aromatic N) is 1. The van der Waals surface area contributed by atoms with Gasteiger partial charge in [-0.1, -0.05) is 85.4 Å². The highest BCUT2D eigenvalue weighted by atomic mass is 16.5. The van der Waals surface area contributed by atoms with E-state index >= 15 is 0 Å². The monoisotopic (exact) mass is 516 g/mol. The standard InChI is InChI=1S/C32H40N2O4/c1-31(2,3)22-12-15-23(16-13-22)38-24-14-11-21-18-27(29(35)34-28(30(36)37)32(4,5)6)33-26(25(21)19-24)17-20-9-7-8-10-20/h11-16,18-20,28H,7-10,17H2,1-6H3,(H,34,35)(H,36,37)/t28-/m0/s1. The summed E-state index contributed by atoms with van der Waals surface area (Å²) in [5, 5.41) is 14.2. The molecule has 0 aliphatic heterocycles. The summed E-state index contributed by atoms with van der Waals surface area (Å²) >= 11 is 0. The van der Waals surface area contributed by atoms with Crippen LogP contribution in [0.1, 0.15) is 89.0 Å². The van der Waals surface area contributed by atoms with Gasteiger partial charge in [-0.3, -0.25) is 4.79 Å². The number of carbonyl (C=O) groups is 2. The Hall–Kier alpha value is -3.41. The Morgan fingerprint density at radius 2 is 1.61 bits per heavy atom. The van der Waals surface area contributed by atoms with Gasteiger partial charge in [-0.15, -0.1) is 0 Å². The molecule has 4 rings (SSSR count). The first kappa shape index (κ1) is 27.6. The van der Waals surface area contributed by atoms with E-state index in [2.05, 4.69) is 38.2 Å². The van der Waals surface area contributed by atoms with Gasteiger partial charge >= 0.3 is 5.97 Å². The van der Waals surface area contributed by atoms with Crippen molar-refractivity contribution < 1.29 is 19.4 Å². The number of carbonyl (C=O) groups excluding carboxylic acids is 1. The third-order valence-corrected chi connectivity index (χ3v) is 7.42. The van der Waals surface area contributed by atoms with Gasteiger partial charge in [-0.2, -0.15) is 0 Å². The maximum absolute atomic E-state index is 13.2. The lowest BCUT2D eigenvalue weighted by molar-refractivity contribution is -0.142. The molecule has 202 valence electrons. The van der Waals surface area contributed by atoms with Crippen LogP contribution in [0.25, 0.3) is 10.8 Å². The third kappa shape index (κ3) is 6.53. The Morgan fingerprint density at radius 3 is 2.18 bits per heavy atom. The van der Waals surface area contributed by atoms with Crippen molar-refractivity contribution in [2.75, 3.05) is 0 Å². The molecule has 0 spiro atoms. The number of carboxylic acid groups (broad SMARTS) is 1. The van der Waals surface area contributed by atoms with Crippen LogP contribution in [0.15, 0.2) is 48.5 Å². The van der Waals surface area contributed by atoms with E-state index in [0.717, 1.165) is 41.5 Å². The average molecular weight is 517 g/mol. The number of nitrogens with one attached hydrogen (secondary N) is 1. The summed E-state index contributed by atoms with van der Waals surface area (Å²) in [7, 11) is 0. The first-order valence-corrected chi connectivity index (χ1v) is 13.6. The number of aromatic nitrogens is 1. The molecule has 6 nitrogen and oxygen atoms in total. The molecule has 0 unspecified atom stereocenters. The van der Waals surface area contributed by atoms with Crippen LogP contribution in [-0.2, 0) is 16.6 Å². The van der Waals surface area contributed by atoms with Crippen molar-refractivity contribution in [2.45, 2.75) is 85.1 Å². The predicted molar refractivity (Wildman–Crippen MR) is 151 cm³/mol. The molecule has 2 aromatic carbocycles. The summed E-state index contributed by atoms with van der Waals surface area (Å²) in [6, 6.07) is 14.7. The second kappa shape index (κ2) is 10.8. The van der Waals surface area contributed by atoms with Gasteiger partial charge in [0, 0.05) is 11.1 Å². The van der Waals surface area contributed by atoms with Gasteiger partial charge in [-0.05, 0) is 64.5 Å². The Kier molecular flexibility index (Phi) is 7.82. The van der Waals surface area contributed by atoms with E-state index in [9.17, 15) is 14.7 Å². The van der Waals surface area contributed by atoms with Crippen LogP contribution in [-0.4, -0.2) is 28.0 Å². The minimum absolute atomic E-state index is 0.0731. The number of aliphatic carboxylic acids is 1. The maximum atomic E-state index is 13.2. The highest BCUT2D eigenvalue weighted by molar-refractivity contribution is 5.99. The summed E-state index contributed by atoms with van der Waals surface area (Å²) in [5.41, 5.74) is 1.78. The first-order valence-electron chi connectivity index (χ1n) is 13.6. The van der Waals surface area contributed by atoms with Gasteiger partial charge in [0.1, 0.15) is 23.2 Å². The van der Waals surface area contributed by atoms with Crippen molar-refractivity contribution in [3.8, 4) is 11.5 Å². The fourth-order valence-corrected chi connectivity index (χ4v) is 5.13. The summed E-state index contributed by atoms with van der Waals surface area (Å²) < 4.78 is 6.20. The summed E-state index contributed by atoms with van der Waals surface area (Å²) in [6.07, 6.45) is 5.52. The van der Waals surface area contributed by atoms with Crippen molar-refractivity contribution in [2.24, 2.45) is 11.3 Å². The number of pyridine rings is 1. The Bertz CT molecular complexity index is 1310. The van der Waals surface area contributed by atoms with E-state index in [1.165, 1.54) is 18.4 Å². The van der Waals surface area contributed by atoms with Gasteiger partial charge in [0.15, 0.2) is 0 Å². The highest BCUT2D eigenvalue weighted by Gasteiger charge is 2.33. The molecule has 2 N–H and O–H groups in total. The molecule has 1 aliphatic carbocycles. The van der Waals surface area contributed by atoms with Crippen molar-refractivity contribution in [1.29, 1.82) is 0 Å². The number of hydrogen-bond donors (Lipinski definition) is 2. The molecule has 1 amide bonds. The number of ether oxygens (including phenoxy) is 1. The van der Waals surface area contributed by atoms with Gasteiger partial charge in [0.2, 0.25) is 0 Å². The zero-order valence-corrected chi connectivity index (χ0v) is 23.4. The minimum Gasteiger partial charge on any atom is -0.480 e. The second-order valence-corrected chi connectivity index (χ2v) is 12.7. The topological polar surface area (TPSA) is 88.5 Å². The first-order chi connectivity index (χ1) is 17.8. The molecule has 38 heavy (non-hydrogen) atoms. The van der Waals surface area contributed by atoms with Gasteiger partial charge in [0.25, 0.3) is 5.91 Å². The Morgan fingerprint density at radius 1 is 0.974 bits per heavy atom. The van der Waals surface area contributed by atoms with Gasteiger partial charge < -0.3 is 15.2 Å². The Labute approximate surface area is 225 Å². The number of carboxylic acids is 1. The zero-order valence-electron chi connectivity index (χ0n) is 23.4. The number of rotatable bonds is 7. The fourth-order valence-electron chi connectivity index (χ4n) is 5.13. The number of fused-ring (bicyclic) bond motifs is 1. The molecule has 1 aromatic heterocycles. The van der Waals surface area contributed by atoms with Crippen molar-refractivity contribution in [1.82, 2.24) is 10.3 Å². The molecule has 0 radical (unpaired) electrons. The van der Waals surface area contributed by atoms with Gasteiger partial charge in [-0.25, -0.2) is 9.78 Å². The fraction of sp³-hybridized carbons (Fsp3) is 0.469. The summed E-state index contributed by atoms with van der Waals surface area (Å²) in [5.74, 6) is 0.475. The SMILES string of the molecule is CC(C)(C)c1ccc(Oc2ccc3cc(C(=O)N[C@@H](C(=O)O)C(C)(C)C)nc(CC4CCCC4)c3c2)cc1. The molecule has 6 heteroatoms. The number of amides is 1. The van der Waals surface area contributed by atoms with Crippen LogP contribution in [0.3, 0.4) is 0 Å². The third-order valence-electron chi connectivity index (χ3n) is 7.42. The average Bonchev–Trinajstić information content (AvgIpc) is 3.34. The van der Waals surface area contributed by atoms with E-state index < -0.39 is 23.3 Å². The second-order valence-electron chi connectivity index (χ2n) is 12.7. The minimum atomic E-state index is -1.06.